The van der Waals surface area contributed by atoms with E-state index in [0.29, 0.717) is 12.0 Å². The fraction of sp³-hybridized carbons (Fsp3) is 0.240. The van der Waals surface area contributed by atoms with Crippen molar-refractivity contribution in [2.45, 2.75) is 31.2 Å². The lowest BCUT2D eigenvalue weighted by Crippen LogP contribution is -2.46. The average Bonchev–Trinajstić information content (AvgIpc) is 3.46. The number of hydrogen-bond donors (Lipinski definition) is 1. The number of nitrogens with one attached hydrogen (secondary N) is 1. The smallest absolute Gasteiger partial charge is 0.319 e. The predicted molar refractivity (Wildman–Crippen MR) is 118 cm³/mol. The molecule has 1 aromatic heterocycles. The Hall–Kier alpha value is -3.25. The van der Waals surface area contributed by atoms with Crippen LogP contribution in [0.4, 0.5) is 4.79 Å². The lowest BCUT2D eigenvalue weighted by Gasteiger charge is -2.31. The molecule has 1 N–H and O–H groups in total. The fourth-order valence-corrected chi connectivity index (χ4v) is 6.22. The van der Waals surface area contributed by atoms with Crippen LogP contribution in [0.2, 0.25) is 0 Å². The van der Waals surface area contributed by atoms with E-state index in [2.05, 4.69) is 17.4 Å². The molecule has 3 amide bonds. The van der Waals surface area contributed by atoms with E-state index in [0.717, 1.165) is 45.7 Å². The maximum atomic E-state index is 13.4. The minimum Gasteiger partial charge on any atom is -0.319 e. The number of amides is 3. The molecule has 31 heavy (non-hydrogen) atoms. The van der Waals surface area contributed by atoms with E-state index in [4.69, 9.17) is 0 Å². The number of thiophene rings is 1. The molecule has 1 atom stereocenters. The predicted octanol–water partition coefficient (Wildman–Crippen LogP) is 4.29. The highest BCUT2D eigenvalue weighted by atomic mass is 32.1. The van der Waals surface area contributed by atoms with E-state index in [1.807, 2.05) is 35.7 Å². The van der Waals surface area contributed by atoms with Gasteiger partial charge in [-0.1, -0.05) is 36.4 Å². The highest BCUT2D eigenvalue weighted by Crippen LogP contribution is 2.42. The van der Waals surface area contributed by atoms with Crippen LogP contribution >= 0.6 is 11.3 Å². The summed E-state index contributed by atoms with van der Waals surface area (Å²) in [5.74, 6) is -0.536. The van der Waals surface area contributed by atoms with Gasteiger partial charge >= 0.3 is 6.03 Å². The maximum Gasteiger partial charge on any atom is 0.325 e. The molecule has 6 heteroatoms. The summed E-state index contributed by atoms with van der Waals surface area (Å²) in [6.07, 6.45) is 3.19. The molecule has 5 nitrogen and oxygen atoms in total. The zero-order valence-corrected chi connectivity index (χ0v) is 17.6. The van der Waals surface area contributed by atoms with Crippen LogP contribution in [0.25, 0.3) is 11.1 Å². The Balaban J connectivity index is 1.29. The van der Waals surface area contributed by atoms with Gasteiger partial charge in [0.25, 0.3) is 5.91 Å². The molecule has 3 aromatic rings. The number of Topliss-reactive ketones (excluding diaryl/α,β-unsaturated/α-hetero) is 1. The van der Waals surface area contributed by atoms with Crippen LogP contribution in [-0.4, -0.2) is 29.2 Å². The van der Waals surface area contributed by atoms with Crippen molar-refractivity contribution >= 4 is 29.1 Å². The lowest BCUT2D eigenvalue weighted by atomic mass is 9.80. The van der Waals surface area contributed by atoms with Gasteiger partial charge in [0, 0.05) is 16.0 Å². The van der Waals surface area contributed by atoms with Gasteiger partial charge in [0.15, 0.2) is 5.78 Å². The second-order valence-electron chi connectivity index (χ2n) is 8.47. The summed E-state index contributed by atoms with van der Waals surface area (Å²) in [5, 5.41) is 4.88. The summed E-state index contributed by atoms with van der Waals surface area (Å²) in [5.41, 5.74) is 5.06. The molecule has 1 unspecified atom stereocenters. The first kappa shape index (κ1) is 18.5. The molecule has 2 aliphatic carbocycles. The quantitative estimate of drug-likeness (QED) is 0.391. The van der Waals surface area contributed by atoms with E-state index >= 15 is 0 Å². The number of hydrogen-bond acceptors (Lipinski definition) is 4. The Labute approximate surface area is 183 Å². The zero-order chi connectivity index (χ0) is 21.2. The Bertz CT molecular complexity index is 1280. The maximum absolute atomic E-state index is 13.4. The molecular formula is C25H20N2O3S. The highest BCUT2D eigenvalue weighted by molar-refractivity contribution is 7.10. The summed E-state index contributed by atoms with van der Waals surface area (Å²) in [7, 11) is 0. The van der Waals surface area contributed by atoms with Crippen molar-refractivity contribution in [3.8, 4) is 11.1 Å². The third-order valence-electron chi connectivity index (χ3n) is 6.76. The molecule has 3 aliphatic rings. The Morgan fingerprint density at radius 3 is 2.81 bits per heavy atom. The third-order valence-corrected chi connectivity index (χ3v) is 7.74. The van der Waals surface area contributed by atoms with Crippen LogP contribution in [0.3, 0.4) is 0 Å². The van der Waals surface area contributed by atoms with E-state index in [-0.39, 0.29) is 18.2 Å². The van der Waals surface area contributed by atoms with E-state index in [1.165, 1.54) is 11.1 Å². The van der Waals surface area contributed by atoms with E-state index in [1.54, 1.807) is 17.4 Å². The largest absolute Gasteiger partial charge is 0.325 e. The molecular weight excluding hydrogens is 408 g/mol. The fourth-order valence-electron chi connectivity index (χ4n) is 5.22. The van der Waals surface area contributed by atoms with Crippen molar-refractivity contribution in [1.82, 2.24) is 10.2 Å². The summed E-state index contributed by atoms with van der Waals surface area (Å²) in [6, 6.07) is 15.3. The number of ketones is 1. The van der Waals surface area contributed by atoms with E-state index in [9.17, 15) is 14.4 Å². The van der Waals surface area contributed by atoms with Gasteiger partial charge in [-0.15, -0.1) is 11.3 Å². The van der Waals surface area contributed by atoms with E-state index < -0.39 is 11.6 Å². The van der Waals surface area contributed by atoms with Crippen LogP contribution < -0.4 is 5.32 Å². The van der Waals surface area contributed by atoms with Crippen LogP contribution in [-0.2, 0) is 23.2 Å². The Kier molecular flexibility index (Phi) is 3.96. The zero-order valence-electron chi connectivity index (χ0n) is 16.8. The second-order valence-corrected chi connectivity index (χ2v) is 9.47. The van der Waals surface area contributed by atoms with Gasteiger partial charge in [-0.2, -0.15) is 0 Å². The lowest BCUT2D eigenvalue weighted by molar-refractivity contribution is -0.131. The Morgan fingerprint density at radius 2 is 1.90 bits per heavy atom. The monoisotopic (exact) mass is 428 g/mol. The van der Waals surface area contributed by atoms with Gasteiger partial charge in [0.05, 0.1) is 6.54 Å². The number of imide groups is 1. The van der Waals surface area contributed by atoms with Gasteiger partial charge in [0.1, 0.15) is 5.54 Å². The summed E-state index contributed by atoms with van der Waals surface area (Å²) in [6.45, 7) is -0.244. The number of urea groups is 1. The van der Waals surface area contributed by atoms with Crippen molar-refractivity contribution in [2.75, 3.05) is 6.54 Å². The molecule has 1 spiro atoms. The van der Waals surface area contributed by atoms with Crippen LogP contribution in [0.15, 0.2) is 53.9 Å². The second kappa shape index (κ2) is 6.62. The van der Waals surface area contributed by atoms with Crippen molar-refractivity contribution in [3.63, 3.8) is 0 Å². The molecule has 154 valence electrons. The van der Waals surface area contributed by atoms with Crippen molar-refractivity contribution < 1.29 is 14.4 Å². The summed E-state index contributed by atoms with van der Waals surface area (Å²) < 4.78 is 0. The molecule has 2 aromatic carbocycles. The molecule has 1 aliphatic heterocycles. The number of aryl methyl sites for hydroxylation is 1. The normalized spacial score (nSPS) is 21.1. The Morgan fingerprint density at radius 1 is 1.06 bits per heavy atom. The van der Waals surface area contributed by atoms with Gasteiger partial charge < -0.3 is 5.32 Å². The molecule has 6 rings (SSSR count). The topological polar surface area (TPSA) is 66.5 Å². The molecule has 0 radical (unpaired) electrons. The number of rotatable bonds is 3. The molecule has 1 fully saturated rings. The van der Waals surface area contributed by atoms with Crippen LogP contribution in [0.5, 0.6) is 0 Å². The van der Waals surface area contributed by atoms with Gasteiger partial charge in [-0.3, -0.25) is 14.5 Å². The van der Waals surface area contributed by atoms with Gasteiger partial charge in [-0.05, 0) is 65.4 Å². The van der Waals surface area contributed by atoms with Crippen LogP contribution in [0.1, 0.15) is 44.8 Å². The van der Waals surface area contributed by atoms with Crippen molar-refractivity contribution in [2.24, 2.45) is 0 Å². The van der Waals surface area contributed by atoms with Crippen LogP contribution in [0, 0.1) is 0 Å². The minimum absolute atomic E-state index is 0.228. The first-order valence-corrected chi connectivity index (χ1v) is 11.4. The molecule has 1 saturated heterocycles. The average molecular weight is 429 g/mol. The van der Waals surface area contributed by atoms with Gasteiger partial charge in [0.2, 0.25) is 0 Å². The summed E-state index contributed by atoms with van der Waals surface area (Å²) >= 11 is 1.62. The van der Waals surface area contributed by atoms with Gasteiger partial charge in [-0.25, -0.2) is 4.79 Å². The number of fused-ring (bicyclic) bond motifs is 5. The number of carbonyl (C=O) groups is 3. The highest BCUT2D eigenvalue weighted by Gasteiger charge is 2.54. The number of benzene rings is 2. The van der Waals surface area contributed by atoms with Crippen molar-refractivity contribution in [3.05, 3.63) is 81.0 Å². The van der Waals surface area contributed by atoms with Crippen molar-refractivity contribution in [1.29, 1.82) is 0 Å². The molecule has 0 saturated carbocycles. The standard InChI is InChI=1S/C25H20N2O3S/c28-21(17-8-7-16-12-15-4-1-2-5-18(15)19(16)13-17)14-27-23(29)25(26-24(27)30)10-3-6-22-20(25)9-11-31-22/h1-2,4-5,7-9,11,13H,3,6,10,12,14H2,(H,26,30). The minimum atomic E-state index is -1.01. The number of nitrogens with zero attached hydrogens (tertiary/aromatic N) is 1. The first-order valence-electron chi connectivity index (χ1n) is 10.5. The molecule has 0 bridgehead atoms. The first-order chi connectivity index (χ1) is 15.1. The SMILES string of the molecule is O=C(CN1C(=O)NC2(CCCc3sccc32)C1=O)c1ccc2c(c1)-c1ccccc1C2. The third kappa shape index (κ3) is 2.64. The molecule has 2 heterocycles. The number of carbonyl (C=O) groups excluding carboxylic acids is 3. The summed E-state index contributed by atoms with van der Waals surface area (Å²) in [4.78, 5) is 41.5.